The first-order chi connectivity index (χ1) is 9.50. The molecular weight excluding hydrogens is 252 g/mol. The minimum Gasteiger partial charge on any atom is -0.376 e. The zero-order chi connectivity index (χ0) is 14.8. The van der Waals surface area contributed by atoms with Gasteiger partial charge in [0.25, 0.3) is 0 Å². The maximum atomic E-state index is 5.69. The molecule has 2 unspecified atom stereocenters. The van der Waals surface area contributed by atoms with Gasteiger partial charge in [0.1, 0.15) is 17.5 Å². The van der Waals surface area contributed by atoms with Gasteiger partial charge in [0.2, 0.25) is 0 Å². The number of hydrogen-bond acceptors (Lipinski definition) is 5. The van der Waals surface area contributed by atoms with Crippen LogP contribution in [-0.2, 0) is 11.2 Å². The second-order valence-corrected chi connectivity index (χ2v) is 5.65. The molecule has 1 aliphatic rings. The molecule has 1 aromatic rings. The van der Waals surface area contributed by atoms with Gasteiger partial charge in [0.05, 0.1) is 11.6 Å². The van der Waals surface area contributed by atoms with Crippen molar-refractivity contribution in [3.8, 4) is 0 Å². The fourth-order valence-corrected chi connectivity index (χ4v) is 2.45. The summed E-state index contributed by atoms with van der Waals surface area (Å²) in [4.78, 5) is 9.22. The van der Waals surface area contributed by atoms with E-state index in [0.29, 0.717) is 0 Å². The number of aromatic nitrogens is 2. The molecule has 0 spiro atoms. The van der Waals surface area contributed by atoms with Crippen molar-refractivity contribution < 1.29 is 4.74 Å². The van der Waals surface area contributed by atoms with Crippen molar-refractivity contribution in [3.63, 3.8) is 0 Å². The van der Waals surface area contributed by atoms with Crippen LogP contribution < -0.4 is 10.6 Å². The Morgan fingerprint density at radius 2 is 2.00 bits per heavy atom. The van der Waals surface area contributed by atoms with Crippen LogP contribution in [0.15, 0.2) is 0 Å². The van der Waals surface area contributed by atoms with Gasteiger partial charge in [-0.05, 0) is 34.1 Å². The second-order valence-electron chi connectivity index (χ2n) is 5.65. The summed E-state index contributed by atoms with van der Waals surface area (Å²) in [5.74, 6) is 2.72. The molecule has 1 aromatic heterocycles. The van der Waals surface area contributed by atoms with Gasteiger partial charge in [-0.15, -0.1) is 0 Å². The number of aryl methyl sites for hydroxylation is 1. The van der Waals surface area contributed by atoms with E-state index < -0.39 is 0 Å². The lowest BCUT2D eigenvalue weighted by molar-refractivity contribution is 0.105. The van der Waals surface area contributed by atoms with Gasteiger partial charge in [0, 0.05) is 25.1 Å². The maximum Gasteiger partial charge on any atom is 0.135 e. The Morgan fingerprint density at radius 1 is 1.30 bits per heavy atom. The lowest BCUT2D eigenvalue weighted by atomic mass is 9.94. The Hall–Kier alpha value is -1.36. The lowest BCUT2D eigenvalue weighted by Crippen LogP contribution is -2.41. The first kappa shape index (κ1) is 15.0. The summed E-state index contributed by atoms with van der Waals surface area (Å²) >= 11 is 0. The summed E-state index contributed by atoms with van der Waals surface area (Å²) in [7, 11) is 0. The van der Waals surface area contributed by atoms with Gasteiger partial charge in [-0.2, -0.15) is 0 Å². The zero-order valence-corrected chi connectivity index (χ0v) is 13.2. The van der Waals surface area contributed by atoms with E-state index in [9.17, 15) is 0 Å². The molecule has 0 radical (unpaired) electrons. The van der Waals surface area contributed by atoms with Crippen LogP contribution in [0.1, 0.15) is 45.5 Å². The summed E-state index contributed by atoms with van der Waals surface area (Å²) < 4.78 is 5.69. The van der Waals surface area contributed by atoms with Crippen molar-refractivity contribution in [3.05, 3.63) is 11.4 Å². The number of hydrogen-bond donors (Lipinski definition) is 2. The molecule has 112 valence electrons. The van der Waals surface area contributed by atoms with Crippen LogP contribution in [0.4, 0.5) is 11.6 Å². The van der Waals surface area contributed by atoms with Gasteiger partial charge < -0.3 is 15.4 Å². The minimum atomic E-state index is -0.0619. The van der Waals surface area contributed by atoms with E-state index >= 15 is 0 Å². The van der Waals surface area contributed by atoms with Crippen molar-refractivity contribution in [2.24, 2.45) is 0 Å². The summed E-state index contributed by atoms with van der Waals surface area (Å²) in [5.41, 5.74) is 1.01. The molecule has 20 heavy (non-hydrogen) atoms. The molecule has 5 nitrogen and oxygen atoms in total. The molecule has 2 rings (SSSR count). The van der Waals surface area contributed by atoms with Crippen molar-refractivity contribution in [1.82, 2.24) is 9.97 Å². The quantitative estimate of drug-likeness (QED) is 0.867. The summed E-state index contributed by atoms with van der Waals surface area (Å²) in [6.07, 6.45) is 2.01. The largest absolute Gasteiger partial charge is 0.376 e. The second kappa shape index (κ2) is 5.95. The number of anilines is 2. The molecule has 0 aromatic carbocycles. The summed E-state index contributed by atoms with van der Waals surface area (Å²) in [5, 5.41) is 6.91. The Morgan fingerprint density at radius 3 is 2.55 bits per heavy atom. The molecule has 2 atom stereocenters. The smallest absolute Gasteiger partial charge is 0.135 e. The van der Waals surface area contributed by atoms with Crippen molar-refractivity contribution in [1.29, 1.82) is 0 Å². The van der Waals surface area contributed by atoms with Crippen LogP contribution in [-0.4, -0.2) is 34.8 Å². The van der Waals surface area contributed by atoms with Crippen LogP contribution in [0.2, 0.25) is 0 Å². The molecule has 0 bridgehead atoms. The third-order valence-corrected chi connectivity index (χ3v) is 4.14. The summed E-state index contributed by atoms with van der Waals surface area (Å²) in [6, 6.07) is 0. The highest BCUT2D eigenvalue weighted by molar-refractivity contribution is 5.58. The van der Waals surface area contributed by atoms with Gasteiger partial charge in [-0.3, -0.25) is 0 Å². The van der Waals surface area contributed by atoms with Crippen LogP contribution in [0.25, 0.3) is 0 Å². The molecule has 2 N–H and O–H groups in total. The Balaban J connectivity index is 2.32. The predicted molar refractivity (Wildman–Crippen MR) is 82.4 cm³/mol. The van der Waals surface area contributed by atoms with Crippen molar-refractivity contribution in [2.45, 2.75) is 59.1 Å². The van der Waals surface area contributed by atoms with Gasteiger partial charge >= 0.3 is 0 Å². The van der Waals surface area contributed by atoms with Gasteiger partial charge in [0.15, 0.2) is 0 Å². The fourth-order valence-electron chi connectivity index (χ4n) is 2.45. The number of ether oxygens (including phenoxy) is 1. The molecule has 5 heteroatoms. The number of rotatable bonds is 5. The van der Waals surface area contributed by atoms with E-state index in [1.165, 1.54) is 0 Å². The molecule has 0 amide bonds. The average molecular weight is 278 g/mol. The third kappa shape index (κ3) is 2.87. The van der Waals surface area contributed by atoms with E-state index in [2.05, 4.69) is 55.2 Å². The Labute approximate surface area is 121 Å². The highest BCUT2D eigenvalue weighted by Crippen LogP contribution is 2.31. The molecular formula is C15H26N4O. The van der Waals surface area contributed by atoms with E-state index in [4.69, 9.17) is 4.74 Å². The van der Waals surface area contributed by atoms with Gasteiger partial charge in [-0.25, -0.2) is 9.97 Å². The molecule has 1 aliphatic heterocycles. The van der Waals surface area contributed by atoms with Gasteiger partial charge in [-0.1, -0.05) is 6.92 Å². The molecule has 1 fully saturated rings. The lowest BCUT2D eigenvalue weighted by Gasteiger charge is -2.30. The summed E-state index contributed by atoms with van der Waals surface area (Å²) in [6.45, 7) is 12.2. The number of nitrogens with zero attached hydrogens (tertiary/aromatic N) is 2. The highest BCUT2D eigenvalue weighted by atomic mass is 16.5. The normalized spacial score (nSPS) is 25.8. The maximum absolute atomic E-state index is 5.69. The van der Waals surface area contributed by atoms with Crippen LogP contribution in [0.3, 0.4) is 0 Å². The molecule has 0 saturated carbocycles. The van der Waals surface area contributed by atoms with E-state index in [1.807, 2.05) is 0 Å². The molecule has 2 heterocycles. The first-order valence-electron chi connectivity index (χ1n) is 7.51. The zero-order valence-electron chi connectivity index (χ0n) is 13.2. The Kier molecular flexibility index (Phi) is 4.48. The topological polar surface area (TPSA) is 59.1 Å². The fraction of sp³-hybridized carbons (Fsp3) is 0.733. The van der Waals surface area contributed by atoms with Crippen LogP contribution in [0, 0.1) is 6.92 Å². The molecule has 1 saturated heterocycles. The van der Waals surface area contributed by atoms with E-state index in [0.717, 1.165) is 49.0 Å². The van der Waals surface area contributed by atoms with Crippen molar-refractivity contribution >= 4 is 11.6 Å². The number of nitrogens with one attached hydrogen (secondary N) is 2. The monoisotopic (exact) mass is 278 g/mol. The minimum absolute atomic E-state index is 0.0619. The average Bonchev–Trinajstić information content (AvgIpc) is 2.74. The molecule has 0 aliphatic carbocycles. The predicted octanol–water partition coefficient (Wildman–Crippen LogP) is 2.76. The van der Waals surface area contributed by atoms with E-state index in [1.54, 1.807) is 0 Å². The van der Waals surface area contributed by atoms with Crippen LogP contribution >= 0.6 is 0 Å². The third-order valence-electron chi connectivity index (χ3n) is 4.14. The SMILES string of the molecule is CCNc1nc(CC)nc(NC2(C)CCOC2C)c1C. The standard InChI is InChI=1S/C15H26N4O/c1-6-12-17-13(16-7-2)10(3)14(18-12)19-15(5)8-9-20-11(15)4/h11H,6-9H2,1-5H3,(H2,16,17,18,19). The van der Waals surface area contributed by atoms with Crippen LogP contribution in [0.5, 0.6) is 0 Å². The first-order valence-corrected chi connectivity index (χ1v) is 7.51. The highest BCUT2D eigenvalue weighted by Gasteiger charge is 2.37. The van der Waals surface area contributed by atoms with E-state index in [-0.39, 0.29) is 11.6 Å². The Bertz CT molecular complexity index is 477. The van der Waals surface area contributed by atoms with Crippen molar-refractivity contribution in [2.75, 3.05) is 23.8 Å².